The van der Waals surface area contributed by atoms with Crippen molar-refractivity contribution >= 4 is 27.3 Å². The fraction of sp³-hybridized carbons (Fsp3) is 0.400. The van der Waals surface area contributed by atoms with Gasteiger partial charge in [0.2, 0.25) is 0 Å². The van der Waals surface area contributed by atoms with Gasteiger partial charge in [-0.25, -0.2) is 0 Å². The second kappa shape index (κ2) is 2.64. The SMILES string of the molecule is Brc1ccc2c(c1)N[C@H]1CCN2C1. The van der Waals surface area contributed by atoms with Gasteiger partial charge in [0.1, 0.15) is 0 Å². The van der Waals surface area contributed by atoms with Gasteiger partial charge >= 0.3 is 0 Å². The van der Waals surface area contributed by atoms with Crippen molar-refractivity contribution in [3.05, 3.63) is 22.7 Å². The van der Waals surface area contributed by atoms with E-state index in [-0.39, 0.29) is 0 Å². The topological polar surface area (TPSA) is 15.3 Å². The minimum Gasteiger partial charge on any atom is -0.379 e. The predicted molar refractivity (Wildman–Crippen MR) is 58.4 cm³/mol. The van der Waals surface area contributed by atoms with E-state index < -0.39 is 0 Å². The molecule has 13 heavy (non-hydrogen) atoms. The Morgan fingerprint density at radius 2 is 2.38 bits per heavy atom. The zero-order valence-corrected chi connectivity index (χ0v) is 8.84. The molecule has 0 amide bonds. The number of nitrogens with one attached hydrogen (secondary N) is 1. The van der Waals surface area contributed by atoms with Gasteiger partial charge in [0.15, 0.2) is 0 Å². The van der Waals surface area contributed by atoms with Gasteiger partial charge in [-0.05, 0) is 24.6 Å². The van der Waals surface area contributed by atoms with Gasteiger partial charge in [-0.1, -0.05) is 15.9 Å². The summed E-state index contributed by atoms with van der Waals surface area (Å²) in [5, 5.41) is 3.56. The quantitative estimate of drug-likeness (QED) is 0.748. The third-order valence-electron chi connectivity index (χ3n) is 2.85. The molecule has 1 N–H and O–H groups in total. The minimum atomic E-state index is 0.668. The minimum absolute atomic E-state index is 0.668. The first kappa shape index (κ1) is 7.68. The van der Waals surface area contributed by atoms with Crippen LogP contribution >= 0.6 is 15.9 Å². The molecule has 1 fully saturated rings. The van der Waals surface area contributed by atoms with E-state index >= 15 is 0 Å². The normalized spacial score (nSPS) is 24.1. The van der Waals surface area contributed by atoms with Crippen molar-refractivity contribution in [2.45, 2.75) is 12.5 Å². The lowest BCUT2D eigenvalue weighted by molar-refractivity contribution is 0.796. The summed E-state index contributed by atoms with van der Waals surface area (Å²) in [4.78, 5) is 2.46. The van der Waals surface area contributed by atoms with Crippen LogP contribution in [-0.4, -0.2) is 19.1 Å². The molecule has 2 heterocycles. The Kier molecular flexibility index (Phi) is 1.56. The molecule has 1 atom stereocenters. The Morgan fingerprint density at radius 1 is 1.46 bits per heavy atom. The number of hydrogen-bond acceptors (Lipinski definition) is 2. The molecule has 1 aromatic carbocycles. The molecule has 0 unspecified atom stereocenters. The highest BCUT2D eigenvalue weighted by Crippen LogP contribution is 2.36. The van der Waals surface area contributed by atoms with Crippen molar-refractivity contribution in [2.24, 2.45) is 0 Å². The monoisotopic (exact) mass is 238 g/mol. The molecule has 0 aliphatic carbocycles. The van der Waals surface area contributed by atoms with E-state index in [9.17, 15) is 0 Å². The van der Waals surface area contributed by atoms with Gasteiger partial charge in [-0.15, -0.1) is 0 Å². The maximum atomic E-state index is 3.56. The number of hydrogen-bond donors (Lipinski definition) is 1. The van der Waals surface area contributed by atoms with Crippen LogP contribution in [-0.2, 0) is 0 Å². The lowest BCUT2D eigenvalue weighted by atomic mass is 10.2. The molecule has 1 aromatic rings. The van der Waals surface area contributed by atoms with Gasteiger partial charge in [0, 0.05) is 23.6 Å². The summed E-state index contributed by atoms with van der Waals surface area (Å²) in [6.07, 6.45) is 1.27. The number of anilines is 2. The lowest BCUT2D eigenvalue weighted by Gasteiger charge is -2.28. The summed E-state index contributed by atoms with van der Waals surface area (Å²) in [7, 11) is 0. The number of fused-ring (bicyclic) bond motifs is 4. The zero-order chi connectivity index (χ0) is 8.84. The van der Waals surface area contributed by atoms with E-state index in [1.54, 1.807) is 0 Å². The number of halogens is 1. The third kappa shape index (κ3) is 1.14. The zero-order valence-electron chi connectivity index (χ0n) is 7.26. The van der Waals surface area contributed by atoms with E-state index in [2.05, 4.69) is 44.3 Å². The van der Waals surface area contributed by atoms with Crippen LogP contribution in [0.25, 0.3) is 0 Å². The molecular weight excluding hydrogens is 228 g/mol. The van der Waals surface area contributed by atoms with Gasteiger partial charge in [0.05, 0.1) is 11.4 Å². The molecule has 1 saturated heterocycles. The number of rotatable bonds is 0. The van der Waals surface area contributed by atoms with Crippen LogP contribution in [0, 0.1) is 0 Å². The molecule has 3 rings (SSSR count). The van der Waals surface area contributed by atoms with Crippen molar-refractivity contribution in [3.8, 4) is 0 Å². The van der Waals surface area contributed by atoms with Crippen LogP contribution in [0.3, 0.4) is 0 Å². The molecule has 2 aliphatic heterocycles. The maximum absolute atomic E-state index is 3.56. The average Bonchev–Trinajstić information content (AvgIpc) is 2.48. The van der Waals surface area contributed by atoms with Crippen molar-refractivity contribution < 1.29 is 0 Å². The number of benzene rings is 1. The second-order valence-electron chi connectivity index (χ2n) is 3.74. The highest BCUT2D eigenvalue weighted by Gasteiger charge is 2.29. The fourth-order valence-electron chi connectivity index (χ4n) is 2.22. The second-order valence-corrected chi connectivity index (χ2v) is 4.65. The van der Waals surface area contributed by atoms with Crippen LogP contribution < -0.4 is 10.2 Å². The summed E-state index contributed by atoms with van der Waals surface area (Å²) >= 11 is 3.49. The first-order chi connectivity index (χ1) is 6.33. The Morgan fingerprint density at radius 3 is 3.31 bits per heavy atom. The van der Waals surface area contributed by atoms with Crippen LogP contribution in [0.5, 0.6) is 0 Å². The average molecular weight is 239 g/mol. The summed E-state index contributed by atoms with van der Waals surface area (Å²) in [6.45, 7) is 2.38. The van der Waals surface area contributed by atoms with Gasteiger partial charge in [-0.3, -0.25) is 0 Å². The van der Waals surface area contributed by atoms with E-state index in [1.165, 1.54) is 30.9 Å². The van der Waals surface area contributed by atoms with Crippen molar-refractivity contribution in [1.82, 2.24) is 0 Å². The summed E-state index contributed by atoms with van der Waals surface area (Å²) in [5.74, 6) is 0. The Balaban J connectivity index is 2.12. The first-order valence-corrected chi connectivity index (χ1v) is 5.43. The van der Waals surface area contributed by atoms with Gasteiger partial charge in [-0.2, -0.15) is 0 Å². The molecule has 0 radical (unpaired) electrons. The van der Waals surface area contributed by atoms with E-state index in [1.807, 2.05) is 0 Å². The van der Waals surface area contributed by atoms with Crippen molar-refractivity contribution in [2.75, 3.05) is 23.3 Å². The van der Waals surface area contributed by atoms with Crippen LogP contribution in [0.4, 0.5) is 11.4 Å². The molecule has 68 valence electrons. The molecule has 0 spiro atoms. The van der Waals surface area contributed by atoms with Crippen molar-refractivity contribution in [1.29, 1.82) is 0 Å². The Hall–Kier alpha value is -0.700. The smallest absolute Gasteiger partial charge is 0.0603 e. The molecule has 0 aromatic heterocycles. The van der Waals surface area contributed by atoms with E-state index in [0.717, 1.165) is 4.47 Å². The summed E-state index contributed by atoms with van der Waals surface area (Å²) in [6, 6.07) is 7.13. The van der Waals surface area contributed by atoms with Crippen molar-refractivity contribution in [3.63, 3.8) is 0 Å². The fourth-order valence-corrected chi connectivity index (χ4v) is 2.58. The largest absolute Gasteiger partial charge is 0.379 e. The Labute approximate surface area is 86.1 Å². The van der Waals surface area contributed by atoms with Crippen LogP contribution in [0.1, 0.15) is 6.42 Å². The van der Waals surface area contributed by atoms with Gasteiger partial charge < -0.3 is 10.2 Å². The van der Waals surface area contributed by atoms with Gasteiger partial charge in [0.25, 0.3) is 0 Å². The molecule has 3 heteroatoms. The van der Waals surface area contributed by atoms with E-state index in [0.29, 0.717) is 6.04 Å². The lowest BCUT2D eigenvalue weighted by Crippen LogP contribution is -2.31. The molecule has 2 aliphatic rings. The number of nitrogens with zero attached hydrogens (tertiary/aromatic N) is 1. The molecule has 2 bridgehead atoms. The molecular formula is C10H11BrN2. The van der Waals surface area contributed by atoms with Crippen LogP contribution in [0.2, 0.25) is 0 Å². The highest BCUT2D eigenvalue weighted by atomic mass is 79.9. The predicted octanol–water partition coefficient (Wildman–Crippen LogP) is 2.45. The van der Waals surface area contributed by atoms with E-state index in [4.69, 9.17) is 0 Å². The first-order valence-electron chi connectivity index (χ1n) is 4.64. The third-order valence-corrected chi connectivity index (χ3v) is 3.34. The summed E-state index contributed by atoms with van der Waals surface area (Å²) in [5.41, 5.74) is 2.64. The molecule has 2 nitrogen and oxygen atoms in total. The summed E-state index contributed by atoms with van der Waals surface area (Å²) < 4.78 is 1.15. The highest BCUT2D eigenvalue weighted by molar-refractivity contribution is 9.10. The Bertz CT molecular complexity index is 351. The van der Waals surface area contributed by atoms with Crippen LogP contribution in [0.15, 0.2) is 22.7 Å². The molecule has 0 saturated carbocycles. The standard InChI is InChI=1S/C10H11BrN2/c11-7-1-2-10-9(5-7)12-8-3-4-13(10)6-8/h1-2,5,8,12H,3-4,6H2/t8-/m0/s1. The maximum Gasteiger partial charge on any atom is 0.0603 e.